The fourth-order valence-corrected chi connectivity index (χ4v) is 14.0. The van der Waals surface area contributed by atoms with Crippen molar-refractivity contribution in [1.82, 2.24) is 47.9 Å². The molecule has 0 spiro atoms. The highest BCUT2D eigenvalue weighted by atomic mass is 16.6. The van der Waals surface area contributed by atoms with Crippen molar-refractivity contribution in [2.24, 2.45) is 10.8 Å². The molecular weight excluding hydrogens is 1520 g/mol. The molecule has 3 saturated heterocycles. The quantitative estimate of drug-likeness (QED) is 0.0301. The van der Waals surface area contributed by atoms with E-state index in [9.17, 15) is 89.1 Å². The third-order valence-corrected chi connectivity index (χ3v) is 21.4. The van der Waals surface area contributed by atoms with Crippen molar-refractivity contribution in [2.45, 2.75) is 320 Å². The number of Topliss-reactive ketones (excluding diaryl/α,β-unsaturated/α-hetero) is 3. The number of carbonyl (C=O) groups is 9. The van der Waals surface area contributed by atoms with Gasteiger partial charge in [0.05, 0.1) is 105 Å². The topological polar surface area (TPSA) is 527 Å². The number of rotatable bonds is 60. The van der Waals surface area contributed by atoms with Gasteiger partial charge in [-0.3, -0.25) is 43.2 Å². The van der Waals surface area contributed by atoms with Crippen LogP contribution in [0.1, 0.15) is 201 Å². The molecule has 0 aromatic rings. The first-order chi connectivity index (χ1) is 54.2. The zero-order valence-corrected chi connectivity index (χ0v) is 71.9. The maximum atomic E-state index is 13.3. The summed E-state index contributed by atoms with van der Waals surface area (Å²) in [5.74, 6) is -2.09. The van der Waals surface area contributed by atoms with Gasteiger partial charge in [0.1, 0.15) is 79.0 Å². The van der Waals surface area contributed by atoms with Gasteiger partial charge < -0.3 is 136 Å². The third-order valence-electron chi connectivity index (χ3n) is 21.4. The Hall–Kier alpha value is -5.01. The largest absolute Gasteiger partial charge is 0.394 e. The van der Waals surface area contributed by atoms with Crippen molar-refractivity contribution in [3.63, 3.8) is 0 Å². The predicted octanol–water partition coefficient (Wildman–Crippen LogP) is -1.74. The van der Waals surface area contributed by atoms with E-state index in [-0.39, 0.29) is 140 Å². The summed E-state index contributed by atoms with van der Waals surface area (Å²) in [6.45, 7) is 29.0. The molecule has 0 aromatic heterocycles. The van der Waals surface area contributed by atoms with Gasteiger partial charge in [-0.1, -0.05) is 20.8 Å². The second-order valence-corrected chi connectivity index (χ2v) is 34.6. The minimum absolute atomic E-state index is 0.0189. The molecule has 0 bridgehead atoms. The maximum Gasteiger partial charge on any atom is 0.222 e. The van der Waals surface area contributed by atoms with Crippen LogP contribution in [0.25, 0.3) is 0 Å². The molecule has 3 heterocycles. The average molecular weight is 1670 g/mol. The molecule has 36 nitrogen and oxygen atoms in total. The number of aliphatic hydroxyl groups excluding tert-OH is 9. The van der Waals surface area contributed by atoms with Gasteiger partial charge in [0.25, 0.3) is 0 Å². The SMILES string of the molecule is CC(=O)NC1C(O)[C@@H](O)C(CO)O[C@H]1C(C)(C)OCCCCC(=O)C(C)(C)CNCCNC(=O)CCOCC(C)(COCCC(=O)NCCCNC(C)(C)C(=O)CCCCOC(C)(C)[C@@H]1OC(CO)[C@H](O)C(O)C1NC(C)=O)COCCC(=O)NCCCNC(C)(C)C(=O)CCCCOC(C)(C)[C@@H]1OC(CO)[C@H](O)C(O)C1NC(C)=O. The molecule has 3 aliphatic rings. The van der Waals surface area contributed by atoms with Crippen molar-refractivity contribution in [3.05, 3.63) is 0 Å². The first-order valence-electron chi connectivity index (χ1n) is 41.2. The van der Waals surface area contributed by atoms with Crippen LogP contribution < -0.4 is 47.9 Å². The van der Waals surface area contributed by atoms with Crippen LogP contribution in [-0.4, -0.2) is 343 Å². The van der Waals surface area contributed by atoms with E-state index in [0.717, 1.165) is 0 Å². The van der Waals surface area contributed by atoms with Crippen LogP contribution in [0.5, 0.6) is 0 Å². The summed E-state index contributed by atoms with van der Waals surface area (Å²) in [5.41, 5.74) is -6.41. The standard InChI is InChI=1S/C80H147N9O27/c1-50(93)87-62-68(105)65(102)53(43-90)114-71(62)77(10,11)111-37-20-17-25-56(96)74(4,5)46-81-35-36-84-61(101)30-42-110-49-80(16,47-108-40-28-59(99)82-31-23-33-85-75(6,7)57(97)26-18-21-38-112-78(12,13)72-63(88-51(2)94)69(106)66(103)54(44-91)115-72)48-109-41-29-60(100)83-32-24-34-86-76(8,9)58(98)27-19-22-39-113-79(14,15)73-64(89-52(3)95)70(107)67(104)55(45-92)116-73/h53-55,62-73,81,85-86,90-92,102-107H,17-49H2,1-16H3,(H,82,99)(H,83,100)(H,84,101)(H,87,93)(H,88,94)(H,89,95)/t53?,54?,55?,62?,63?,64?,65-,66-,67-,68?,69?,70?,71+,72+,73+,80?/m0/s1. The first-order valence-corrected chi connectivity index (χ1v) is 41.2. The monoisotopic (exact) mass is 1670 g/mol. The Morgan fingerprint density at radius 1 is 0.345 bits per heavy atom. The summed E-state index contributed by atoms with van der Waals surface area (Å²) in [5, 5.41) is 119. The van der Waals surface area contributed by atoms with Gasteiger partial charge in [0.15, 0.2) is 11.6 Å². The molecule has 3 aliphatic heterocycles. The molecule has 674 valence electrons. The highest BCUT2D eigenvalue weighted by Crippen LogP contribution is 2.35. The van der Waals surface area contributed by atoms with Gasteiger partial charge in [0.2, 0.25) is 35.4 Å². The van der Waals surface area contributed by atoms with Gasteiger partial charge in [0, 0.05) is 123 Å². The molecule has 0 radical (unpaired) electrons. The third kappa shape index (κ3) is 36.4. The van der Waals surface area contributed by atoms with Crippen molar-refractivity contribution in [2.75, 3.05) is 125 Å². The number of ether oxygens (including phenoxy) is 9. The van der Waals surface area contributed by atoms with Crippen LogP contribution in [0.15, 0.2) is 0 Å². The molecule has 0 aliphatic carbocycles. The van der Waals surface area contributed by atoms with Gasteiger partial charge >= 0.3 is 0 Å². The van der Waals surface area contributed by atoms with E-state index in [1.807, 2.05) is 20.8 Å². The fourth-order valence-electron chi connectivity index (χ4n) is 14.0. The minimum atomic E-state index is -1.42. The van der Waals surface area contributed by atoms with Crippen molar-refractivity contribution < 1.29 is 132 Å². The maximum absolute atomic E-state index is 13.3. The predicted molar refractivity (Wildman–Crippen MR) is 426 cm³/mol. The summed E-state index contributed by atoms with van der Waals surface area (Å²) in [6.07, 6.45) is -9.41. The Labute approximate surface area is 685 Å². The lowest BCUT2D eigenvalue weighted by Crippen LogP contribution is -2.68. The normalized spacial score (nSPS) is 24.9. The molecule has 0 aromatic carbocycles. The second-order valence-electron chi connectivity index (χ2n) is 34.6. The zero-order valence-electron chi connectivity index (χ0n) is 71.9. The lowest BCUT2D eigenvalue weighted by atomic mass is 9.84. The highest BCUT2D eigenvalue weighted by Gasteiger charge is 2.54. The van der Waals surface area contributed by atoms with Crippen LogP contribution in [-0.2, 0) is 85.8 Å². The molecule has 3 fully saturated rings. The Bertz CT molecular complexity index is 2680. The Morgan fingerprint density at radius 2 is 0.638 bits per heavy atom. The number of ketones is 3. The molecule has 36 heteroatoms. The van der Waals surface area contributed by atoms with Gasteiger partial charge in [-0.25, -0.2) is 0 Å². The summed E-state index contributed by atoms with van der Waals surface area (Å²) in [6, 6.07) is -3.00. The molecule has 0 saturated carbocycles. The highest BCUT2D eigenvalue weighted by molar-refractivity contribution is 5.88. The van der Waals surface area contributed by atoms with E-state index in [1.54, 1.807) is 69.2 Å². The molecule has 15 atom stereocenters. The molecule has 116 heavy (non-hydrogen) atoms. The van der Waals surface area contributed by atoms with Crippen molar-refractivity contribution in [1.29, 1.82) is 0 Å². The number of hydrogen-bond acceptors (Lipinski definition) is 30. The van der Waals surface area contributed by atoms with Crippen molar-refractivity contribution >= 4 is 52.8 Å². The molecule has 9 unspecified atom stereocenters. The number of carbonyl (C=O) groups excluding carboxylic acids is 9. The fraction of sp³-hybridized carbons (Fsp3) is 0.887. The first kappa shape index (κ1) is 105. The Balaban J connectivity index is 1.44. The lowest BCUT2D eigenvalue weighted by Gasteiger charge is -2.48. The summed E-state index contributed by atoms with van der Waals surface area (Å²) in [4.78, 5) is 115. The Morgan fingerprint density at radius 3 is 0.931 bits per heavy atom. The smallest absolute Gasteiger partial charge is 0.222 e. The zero-order chi connectivity index (χ0) is 87.4. The van der Waals surface area contributed by atoms with Crippen LogP contribution >= 0.6 is 0 Å². The lowest BCUT2D eigenvalue weighted by molar-refractivity contribution is -0.242. The number of nitrogens with one attached hydrogen (secondary N) is 9. The van der Waals surface area contributed by atoms with E-state index in [1.165, 1.54) is 20.8 Å². The summed E-state index contributed by atoms with van der Waals surface area (Å²) < 4.78 is 54.3. The molecular formula is C80H147N9O27. The molecule has 6 amide bonds. The van der Waals surface area contributed by atoms with Gasteiger partial charge in [-0.15, -0.1) is 0 Å². The van der Waals surface area contributed by atoms with E-state index < -0.39 is 168 Å². The number of amides is 6. The van der Waals surface area contributed by atoms with E-state index >= 15 is 0 Å². The summed E-state index contributed by atoms with van der Waals surface area (Å²) in [7, 11) is 0. The molecule has 3 rings (SSSR count). The van der Waals surface area contributed by atoms with Gasteiger partial charge in [-0.05, 0) is 134 Å². The second kappa shape index (κ2) is 51.0. The van der Waals surface area contributed by atoms with Crippen LogP contribution in [0.2, 0.25) is 0 Å². The van der Waals surface area contributed by atoms with Crippen LogP contribution in [0.4, 0.5) is 0 Å². The summed E-state index contributed by atoms with van der Waals surface area (Å²) >= 11 is 0. The number of hydrogen-bond donors (Lipinski definition) is 18. The van der Waals surface area contributed by atoms with E-state index in [4.69, 9.17) is 42.6 Å². The average Bonchev–Trinajstić information content (AvgIpc) is 0.788. The van der Waals surface area contributed by atoms with E-state index in [2.05, 4.69) is 47.9 Å². The number of unbranched alkanes of at least 4 members (excludes halogenated alkanes) is 3. The molecule has 18 N–H and O–H groups in total. The Kier molecular flexibility index (Phi) is 46.3. The number of aliphatic hydroxyl groups is 9. The van der Waals surface area contributed by atoms with Crippen LogP contribution in [0, 0.1) is 10.8 Å². The van der Waals surface area contributed by atoms with Crippen LogP contribution in [0.3, 0.4) is 0 Å². The van der Waals surface area contributed by atoms with Crippen molar-refractivity contribution in [3.8, 4) is 0 Å². The van der Waals surface area contributed by atoms with Gasteiger partial charge in [-0.2, -0.15) is 0 Å². The minimum Gasteiger partial charge on any atom is -0.394 e. The van der Waals surface area contributed by atoms with E-state index in [0.29, 0.717) is 90.6 Å².